The van der Waals surface area contributed by atoms with Crippen LogP contribution in [0.25, 0.3) is 0 Å². The van der Waals surface area contributed by atoms with Crippen molar-refractivity contribution in [3.05, 3.63) is 103 Å². The highest BCUT2D eigenvalue weighted by Crippen LogP contribution is 2.43. The van der Waals surface area contributed by atoms with Gasteiger partial charge >= 0.3 is 5.69 Å². The van der Waals surface area contributed by atoms with E-state index in [4.69, 9.17) is 4.74 Å². The summed E-state index contributed by atoms with van der Waals surface area (Å²) in [5.41, 5.74) is 2.95. The van der Waals surface area contributed by atoms with Crippen molar-refractivity contribution in [2.45, 2.75) is 45.2 Å². The second-order valence-electron chi connectivity index (χ2n) is 8.67. The first-order valence-corrected chi connectivity index (χ1v) is 11.6. The molecule has 2 aliphatic rings. The smallest absolute Gasteiger partial charge is 0.332 e. The first-order valence-electron chi connectivity index (χ1n) is 11.6. The van der Waals surface area contributed by atoms with Crippen molar-refractivity contribution < 1.29 is 9.53 Å². The van der Waals surface area contributed by atoms with E-state index in [0.29, 0.717) is 42.1 Å². The van der Waals surface area contributed by atoms with Crippen molar-refractivity contribution in [3.8, 4) is 5.75 Å². The summed E-state index contributed by atoms with van der Waals surface area (Å²) in [6, 6.07) is 17.2. The van der Waals surface area contributed by atoms with Gasteiger partial charge in [-0.25, -0.2) is 4.79 Å². The zero-order chi connectivity index (χ0) is 23.8. The third kappa shape index (κ3) is 3.57. The molecule has 0 bridgehead atoms. The lowest BCUT2D eigenvalue weighted by molar-refractivity contribution is -0.116. The molecule has 0 saturated heterocycles. The molecule has 7 heteroatoms. The van der Waals surface area contributed by atoms with Crippen LogP contribution in [0.15, 0.2) is 75.5 Å². The molecule has 7 nitrogen and oxygen atoms in total. The molecule has 34 heavy (non-hydrogen) atoms. The fourth-order valence-electron chi connectivity index (χ4n) is 5.05. The molecule has 1 atom stereocenters. The molecule has 0 unspecified atom stereocenters. The molecule has 174 valence electrons. The SMILES string of the molecule is CCn1c(=O)c2c(n(Cc3ccccc3)c1=O)NC1=C(C(=O)CCC1)[C@@H]2c1ccc(OC)cc1. The summed E-state index contributed by atoms with van der Waals surface area (Å²) in [5, 5.41) is 3.36. The van der Waals surface area contributed by atoms with Gasteiger partial charge in [0.05, 0.1) is 19.2 Å². The monoisotopic (exact) mass is 457 g/mol. The van der Waals surface area contributed by atoms with Crippen LogP contribution in [0, 0.1) is 0 Å². The molecule has 0 amide bonds. The van der Waals surface area contributed by atoms with Gasteiger partial charge in [0, 0.05) is 30.2 Å². The molecule has 0 spiro atoms. The highest BCUT2D eigenvalue weighted by molar-refractivity contribution is 6.00. The van der Waals surface area contributed by atoms with Crippen LogP contribution < -0.4 is 21.3 Å². The minimum Gasteiger partial charge on any atom is -0.497 e. The number of anilines is 1. The van der Waals surface area contributed by atoms with Gasteiger partial charge < -0.3 is 10.1 Å². The lowest BCUT2D eigenvalue weighted by Crippen LogP contribution is -2.45. The Balaban J connectivity index is 1.80. The number of fused-ring (bicyclic) bond motifs is 1. The van der Waals surface area contributed by atoms with Crippen LogP contribution in [-0.4, -0.2) is 22.0 Å². The number of carbonyl (C=O) groups is 1. The molecular formula is C27H27N3O4. The molecule has 3 aromatic rings. The fourth-order valence-corrected chi connectivity index (χ4v) is 5.05. The van der Waals surface area contributed by atoms with Gasteiger partial charge in [-0.15, -0.1) is 0 Å². The van der Waals surface area contributed by atoms with E-state index in [1.807, 2.05) is 54.6 Å². The normalized spacial score (nSPS) is 17.1. The van der Waals surface area contributed by atoms with E-state index < -0.39 is 5.92 Å². The fraction of sp³-hybridized carbons (Fsp3) is 0.296. The predicted molar refractivity (Wildman–Crippen MR) is 131 cm³/mol. The van der Waals surface area contributed by atoms with Gasteiger partial charge in [-0.1, -0.05) is 42.5 Å². The number of benzene rings is 2. The number of aromatic nitrogens is 2. The number of nitrogens with zero attached hydrogens (tertiary/aromatic N) is 2. The van der Waals surface area contributed by atoms with Crippen LogP contribution in [0.5, 0.6) is 5.75 Å². The summed E-state index contributed by atoms with van der Waals surface area (Å²) in [5.74, 6) is 0.682. The van der Waals surface area contributed by atoms with Crippen molar-refractivity contribution in [1.29, 1.82) is 0 Å². The second kappa shape index (κ2) is 8.82. The first-order chi connectivity index (χ1) is 16.5. The Labute approximate surface area is 197 Å². The summed E-state index contributed by atoms with van der Waals surface area (Å²) in [6.07, 6.45) is 1.89. The van der Waals surface area contributed by atoms with Gasteiger partial charge in [0.1, 0.15) is 11.6 Å². The van der Waals surface area contributed by atoms with E-state index in [1.54, 1.807) is 18.6 Å². The zero-order valence-corrected chi connectivity index (χ0v) is 19.3. The number of ether oxygens (including phenoxy) is 1. The first kappa shape index (κ1) is 21.9. The van der Waals surface area contributed by atoms with E-state index in [1.165, 1.54) is 4.57 Å². The molecule has 1 N–H and O–H groups in total. The summed E-state index contributed by atoms with van der Waals surface area (Å²) in [4.78, 5) is 40.3. The minimum absolute atomic E-state index is 0.0449. The summed E-state index contributed by atoms with van der Waals surface area (Å²) >= 11 is 0. The summed E-state index contributed by atoms with van der Waals surface area (Å²) in [6.45, 7) is 2.35. The molecule has 1 aliphatic heterocycles. The van der Waals surface area contributed by atoms with E-state index in [9.17, 15) is 14.4 Å². The lowest BCUT2D eigenvalue weighted by atomic mass is 9.76. The van der Waals surface area contributed by atoms with Crippen molar-refractivity contribution in [2.75, 3.05) is 12.4 Å². The van der Waals surface area contributed by atoms with Gasteiger partial charge in [0.2, 0.25) is 0 Å². The largest absolute Gasteiger partial charge is 0.497 e. The van der Waals surface area contributed by atoms with Crippen LogP contribution in [0.4, 0.5) is 5.82 Å². The Hall–Kier alpha value is -3.87. The van der Waals surface area contributed by atoms with E-state index in [2.05, 4.69) is 5.32 Å². The number of nitrogens with one attached hydrogen (secondary N) is 1. The Morgan fingerprint density at radius 3 is 2.38 bits per heavy atom. The van der Waals surface area contributed by atoms with E-state index >= 15 is 0 Å². The third-order valence-corrected chi connectivity index (χ3v) is 6.71. The maximum atomic E-state index is 13.7. The standard InChI is InChI=1S/C27H27N3O4/c1-3-29-26(32)24-22(18-12-14-19(34-2)15-13-18)23-20(10-7-11-21(23)31)28-25(24)30(27(29)33)16-17-8-5-4-6-9-17/h4-6,8-9,12-15,22,28H,3,7,10-11,16H2,1-2H3/t22-/m0/s1. The van der Waals surface area contributed by atoms with Gasteiger partial charge in [-0.2, -0.15) is 0 Å². The topological polar surface area (TPSA) is 82.3 Å². The molecule has 1 aliphatic carbocycles. The van der Waals surface area contributed by atoms with Crippen LogP contribution >= 0.6 is 0 Å². The Morgan fingerprint density at radius 2 is 1.71 bits per heavy atom. The van der Waals surface area contributed by atoms with E-state index in [-0.39, 0.29) is 23.6 Å². The number of Topliss-reactive ketones (excluding diaryl/α,β-unsaturated/α-hetero) is 1. The highest BCUT2D eigenvalue weighted by Gasteiger charge is 2.39. The van der Waals surface area contributed by atoms with Crippen molar-refractivity contribution in [3.63, 3.8) is 0 Å². The summed E-state index contributed by atoms with van der Waals surface area (Å²) < 4.78 is 8.21. The van der Waals surface area contributed by atoms with Crippen LogP contribution in [0.1, 0.15) is 48.8 Å². The Bertz CT molecular complexity index is 1400. The van der Waals surface area contributed by atoms with Crippen LogP contribution in [0.2, 0.25) is 0 Å². The summed E-state index contributed by atoms with van der Waals surface area (Å²) in [7, 11) is 1.60. The molecule has 2 heterocycles. The molecule has 2 aromatic carbocycles. The predicted octanol–water partition coefficient (Wildman–Crippen LogP) is 3.65. The lowest BCUT2D eigenvalue weighted by Gasteiger charge is -2.35. The van der Waals surface area contributed by atoms with Crippen LogP contribution in [-0.2, 0) is 17.9 Å². The van der Waals surface area contributed by atoms with Crippen LogP contribution in [0.3, 0.4) is 0 Å². The van der Waals surface area contributed by atoms with Crippen molar-refractivity contribution in [1.82, 2.24) is 9.13 Å². The van der Waals surface area contributed by atoms with Gasteiger partial charge in [0.25, 0.3) is 5.56 Å². The molecule has 0 radical (unpaired) electrons. The number of rotatable bonds is 5. The quantitative estimate of drug-likeness (QED) is 0.633. The maximum absolute atomic E-state index is 13.7. The number of carbonyl (C=O) groups excluding carboxylic acids is 1. The molecule has 0 saturated carbocycles. The number of hydrogen-bond donors (Lipinski definition) is 1. The number of methoxy groups -OCH3 is 1. The van der Waals surface area contributed by atoms with E-state index in [0.717, 1.165) is 23.2 Å². The zero-order valence-electron chi connectivity index (χ0n) is 19.3. The third-order valence-electron chi connectivity index (χ3n) is 6.71. The Morgan fingerprint density at radius 1 is 0.971 bits per heavy atom. The number of allylic oxidation sites excluding steroid dienone is 2. The Kier molecular flexibility index (Phi) is 5.69. The maximum Gasteiger partial charge on any atom is 0.332 e. The van der Waals surface area contributed by atoms with Crippen molar-refractivity contribution >= 4 is 11.6 Å². The molecule has 0 fully saturated rings. The van der Waals surface area contributed by atoms with Gasteiger partial charge in [-0.05, 0) is 43.0 Å². The molecule has 5 rings (SSSR count). The molecule has 1 aromatic heterocycles. The number of ketones is 1. The second-order valence-corrected chi connectivity index (χ2v) is 8.67. The average Bonchev–Trinajstić information content (AvgIpc) is 2.86. The van der Waals surface area contributed by atoms with Gasteiger partial charge in [-0.3, -0.25) is 18.7 Å². The molecular weight excluding hydrogens is 430 g/mol. The average molecular weight is 458 g/mol. The van der Waals surface area contributed by atoms with Crippen molar-refractivity contribution in [2.24, 2.45) is 0 Å². The highest BCUT2D eigenvalue weighted by atomic mass is 16.5. The van der Waals surface area contributed by atoms with Gasteiger partial charge in [0.15, 0.2) is 5.78 Å². The minimum atomic E-state index is -0.544. The number of hydrogen-bond acceptors (Lipinski definition) is 5.